The molecule has 0 aliphatic heterocycles. The van der Waals surface area contributed by atoms with Gasteiger partial charge in [0.15, 0.2) is 0 Å². The molecule has 5 heteroatoms. The highest BCUT2D eigenvalue weighted by atomic mass is 16.5. The number of aliphatic hydroxyl groups is 1. The number of ether oxygens (including phenoxy) is 1. The fourth-order valence-corrected chi connectivity index (χ4v) is 0.876. The van der Waals surface area contributed by atoms with Gasteiger partial charge in [-0.3, -0.25) is 9.36 Å². The van der Waals surface area contributed by atoms with Crippen molar-refractivity contribution >= 4 is 0 Å². The van der Waals surface area contributed by atoms with Crippen LogP contribution < -0.4 is 5.56 Å². The molecule has 0 aliphatic rings. The molecule has 0 aromatic carbocycles. The molecule has 1 aromatic rings. The average molecular weight is 184 g/mol. The van der Waals surface area contributed by atoms with Crippen LogP contribution in [0.3, 0.4) is 0 Å². The lowest BCUT2D eigenvalue weighted by molar-refractivity contribution is 0.0864. The summed E-state index contributed by atoms with van der Waals surface area (Å²) >= 11 is 0. The summed E-state index contributed by atoms with van der Waals surface area (Å²) in [6.07, 6.45) is 2.91. The van der Waals surface area contributed by atoms with Crippen molar-refractivity contribution in [2.24, 2.45) is 0 Å². The fraction of sp³-hybridized carbons (Fsp3) is 0.500. The Morgan fingerprint density at radius 3 is 3.08 bits per heavy atom. The third-order valence-corrected chi connectivity index (χ3v) is 1.50. The summed E-state index contributed by atoms with van der Waals surface area (Å²) in [5, 5.41) is 8.41. The Morgan fingerprint density at radius 2 is 2.38 bits per heavy atom. The maximum atomic E-state index is 11.1. The fourth-order valence-electron chi connectivity index (χ4n) is 0.876. The first kappa shape index (κ1) is 9.88. The van der Waals surface area contributed by atoms with Gasteiger partial charge in [-0.25, -0.2) is 4.98 Å². The molecule has 13 heavy (non-hydrogen) atoms. The van der Waals surface area contributed by atoms with Gasteiger partial charge in [-0.1, -0.05) is 0 Å². The van der Waals surface area contributed by atoms with Gasteiger partial charge in [0.1, 0.15) is 0 Å². The SMILES string of the molecule is O=c1ccncn1CCOCCO. The molecule has 1 rings (SSSR count). The molecule has 0 unspecified atom stereocenters. The molecule has 0 atom stereocenters. The normalized spacial score (nSPS) is 10.2. The summed E-state index contributed by atoms with van der Waals surface area (Å²) < 4.78 is 6.46. The minimum absolute atomic E-state index is 0.00192. The molecule has 72 valence electrons. The molecule has 0 saturated heterocycles. The molecular weight excluding hydrogens is 172 g/mol. The van der Waals surface area contributed by atoms with Crippen molar-refractivity contribution in [2.75, 3.05) is 19.8 Å². The Labute approximate surface area is 75.6 Å². The zero-order chi connectivity index (χ0) is 9.52. The lowest BCUT2D eigenvalue weighted by Gasteiger charge is -2.03. The largest absolute Gasteiger partial charge is 0.394 e. The first-order valence-electron chi connectivity index (χ1n) is 4.03. The van der Waals surface area contributed by atoms with Crippen LogP contribution in [-0.4, -0.2) is 34.5 Å². The molecule has 1 heterocycles. The zero-order valence-electron chi connectivity index (χ0n) is 7.22. The van der Waals surface area contributed by atoms with Crippen molar-refractivity contribution in [1.29, 1.82) is 0 Å². The second-order valence-electron chi connectivity index (χ2n) is 2.45. The van der Waals surface area contributed by atoms with Crippen LogP contribution in [0.2, 0.25) is 0 Å². The standard InChI is InChI=1S/C8H12N2O3/c11-4-6-13-5-3-10-7-9-2-1-8(10)12/h1-2,7,11H,3-6H2. The lowest BCUT2D eigenvalue weighted by atomic mass is 10.6. The number of nitrogens with zero attached hydrogens (tertiary/aromatic N) is 2. The number of hydrogen-bond donors (Lipinski definition) is 1. The number of aliphatic hydroxyl groups excluding tert-OH is 1. The van der Waals surface area contributed by atoms with Crippen molar-refractivity contribution in [3.8, 4) is 0 Å². The van der Waals surface area contributed by atoms with E-state index in [1.165, 1.54) is 23.2 Å². The van der Waals surface area contributed by atoms with Crippen molar-refractivity contribution in [2.45, 2.75) is 6.54 Å². The monoisotopic (exact) mass is 184 g/mol. The van der Waals surface area contributed by atoms with Crippen LogP contribution in [0.1, 0.15) is 0 Å². The molecule has 0 fully saturated rings. The Morgan fingerprint density at radius 1 is 1.54 bits per heavy atom. The molecule has 0 spiro atoms. The maximum Gasteiger partial charge on any atom is 0.253 e. The lowest BCUT2D eigenvalue weighted by Crippen LogP contribution is -2.21. The predicted molar refractivity (Wildman–Crippen MR) is 46.4 cm³/mol. The van der Waals surface area contributed by atoms with E-state index in [1.54, 1.807) is 0 Å². The molecular formula is C8H12N2O3. The van der Waals surface area contributed by atoms with Crippen molar-refractivity contribution in [3.63, 3.8) is 0 Å². The van der Waals surface area contributed by atoms with E-state index in [9.17, 15) is 4.79 Å². The maximum absolute atomic E-state index is 11.1. The average Bonchev–Trinajstić information content (AvgIpc) is 2.15. The van der Waals surface area contributed by atoms with E-state index in [4.69, 9.17) is 9.84 Å². The highest BCUT2D eigenvalue weighted by Crippen LogP contribution is 1.80. The third-order valence-electron chi connectivity index (χ3n) is 1.50. The molecule has 1 N–H and O–H groups in total. The summed E-state index contributed by atoms with van der Waals surface area (Å²) in [5.41, 5.74) is -0.0948. The summed E-state index contributed by atoms with van der Waals surface area (Å²) in [5.74, 6) is 0. The zero-order valence-corrected chi connectivity index (χ0v) is 7.22. The highest BCUT2D eigenvalue weighted by Gasteiger charge is 1.93. The molecule has 0 bridgehead atoms. The second kappa shape index (κ2) is 5.45. The summed E-state index contributed by atoms with van der Waals surface area (Å²) in [7, 11) is 0. The topological polar surface area (TPSA) is 64.4 Å². The molecule has 0 radical (unpaired) electrons. The van der Waals surface area contributed by atoms with Gasteiger partial charge in [-0.2, -0.15) is 0 Å². The van der Waals surface area contributed by atoms with Crippen molar-refractivity contribution in [1.82, 2.24) is 9.55 Å². The van der Waals surface area contributed by atoms with Crippen LogP contribution in [0.4, 0.5) is 0 Å². The predicted octanol–water partition coefficient (Wildman–Crippen LogP) is -0.748. The van der Waals surface area contributed by atoms with E-state index in [-0.39, 0.29) is 12.2 Å². The van der Waals surface area contributed by atoms with E-state index >= 15 is 0 Å². The Bertz CT molecular complexity index is 297. The molecule has 0 aliphatic carbocycles. The summed E-state index contributed by atoms with van der Waals surface area (Å²) in [6.45, 7) is 1.18. The highest BCUT2D eigenvalue weighted by molar-refractivity contribution is 4.81. The van der Waals surface area contributed by atoms with Gasteiger partial charge in [-0.15, -0.1) is 0 Å². The van der Waals surface area contributed by atoms with Crippen LogP contribution in [0.25, 0.3) is 0 Å². The Kier molecular flexibility index (Phi) is 4.14. The number of rotatable bonds is 5. The van der Waals surface area contributed by atoms with Crippen LogP contribution in [0.5, 0.6) is 0 Å². The van der Waals surface area contributed by atoms with Crippen molar-refractivity contribution in [3.05, 3.63) is 28.9 Å². The summed E-state index contributed by atoms with van der Waals surface area (Å²) in [4.78, 5) is 14.9. The van der Waals surface area contributed by atoms with Crippen LogP contribution in [-0.2, 0) is 11.3 Å². The smallest absolute Gasteiger partial charge is 0.253 e. The molecule has 0 saturated carbocycles. The van der Waals surface area contributed by atoms with Gasteiger partial charge in [0.05, 0.1) is 32.7 Å². The van der Waals surface area contributed by atoms with Gasteiger partial charge in [0, 0.05) is 12.3 Å². The van der Waals surface area contributed by atoms with Crippen LogP contribution in [0, 0.1) is 0 Å². The van der Waals surface area contributed by atoms with E-state index in [0.29, 0.717) is 19.8 Å². The Hall–Kier alpha value is -1.20. The van der Waals surface area contributed by atoms with Gasteiger partial charge in [0.2, 0.25) is 0 Å². The molecule has 1 aromatic heterocycles. The van der Waals surface area contributed by atoms with E-state index in [1.807, 2.05) is 0 Å². The van der Waals surface area contributed by atoms with Crippen molar-refractivity contribution < 1.29 is 9.84 Å². The Balaban J connectivity index is 2.37. The van der Waals surface area contributed by atoms with E-state index in [0.717, 1.165) is 0 Å². The summed E-state index contributed by atoms with van der Waals surface area (Å²) in [6, 6.07) is 1.39. The van der Waals surface area contributed by atoms with Crippen LogP contribution >= 0.6 is 0 Å². The third kappa shape index (κ3) is 3.35. The number of aromatic nitrogens is 2. The van der Waals surface area contributed by atoms with Gasteiger partial charge in [-0.05, 0) is 0 Å². The van der Waals surface area contributed by atoms with E-state index in [2.05, 4.69) is 4.98 Å². The number of hydrogen-bond acceptors (Lipinski definition) is 4. The molecule has 5 nitrogen and oxygen atoms in total. The minimum atomic E-state index is -0.0948. The van der Waals surface area contributed by atoms with Crippen LogP contribution in [0.15, 0.2) is 23.4 Å². The van der Waals surface area contributed by atoms with Gasteiger partial charge < -0.3 is 9.84 Å². The quantitative estimate of drug-likeness (QED) is 0.612. The second-order valence-corrected chi connectivity index (χ2v) is 2.45. The minimum Gasteiger partial charge on any atom is -0.394 e. The van der Waals surface area contributed by atoms with Gasteiger partial charge >= 0.3 is 0 Å². The van der Waals surface area contributed by atoms with E-state index < -0.39 is 0 Å². The first-order valence-corrected chi connectivity index (χ1v) is 4.03. The van der Waals surface area contributed by atoms with Gasteiger partial charge in [0.25, 0.3) is 5.56 Å². The first-order chi connectivity index (χ1) is 6.34. The molecule has 0 amide bonds.